The minimum atomic E-state index is -3.70. The van der Waals surface area contributed by atoms with E-state index in [2.05, 4.69) is 28.1 Å². The van der Waals surface area contributed by atoms with Gasteiger partial charge in [0.1, 0.15) is 0 Å². The molecule has 2 aliphatic heterocycles. The highest BCUT2D eigenvalue weighted by molar-refractivity contribution is 9.10. The first-order valence-electron chi connectivity index (χ1n) is 10.6. The predicted octanol–water partition coefficient (Wildman–Crippen LogP) is 3.84. The van der Waals surface area contributed by atoms with Crippen molar-refractivity contribution in [2.45, 2.75) is 31.1 Å². The molecule has 2 amide bonds. The number of hydrogen-bond acceptors (Lipinski definition) is 4. The maximum atomic E-state index is 13.0. The molecule has 0 saturated carbocycles. The fourth-order valence-electron chi connectivity index (χ4n) is 4.25. The molecule has 2 heterocycles. The molecule has 168 valence electrons. The second-order valence-electron chi connectivity index (χ2n) is 8.09. The van der Waals surface area contributed by atoms with Gasteiger partial charge in [0, 0.05) is 43.1 Å². The van der Waals surface area contributed by atoms with E-state index in [0.29, 0.717) is 36.2 Å². The van der Waals surface area contributed by atoms with Crippen LogP contribution in [0.3, 0.4) is 0 Å². The third kappa shape index (κ3) is 4.66. The molecule has 0 saturated heterocycles. The lowest BCUT2D eigenvalue weighted by Crippen LogP contribution is -2.35. The summed E-state index contributed by atoms with van der Waals surface area (Å²) in [7, 11) is -3.70. The zero-order chi connectivity index (χ0) is 22.9. The summed E-state index contributed by atoms with van der Waals surface area (Å²) in [5.41, 5.74) is 3.94. The van der Waals surface area contributed by atoms with Crippen LogP contribution in [0.25, 0.3) is 5.57 Å². The van der Waals surface area contributed by atoms with E-state index in [0.717, 1.165) is 17.5 Å². The van der Waals surface area contributed by atoms with Gasteiger partial charge in [0.05, 0.1) is 10.6 Å². The fourth-order valence-corrected chi connectivity index (χ4v) is 6.69. The van der Waals surface area contributed by atoms with Crippen LogP contribution in [-0.2, 0) is 25.8 Å². The molecule has 32 heavy (non-hydrogen) atoms. The summed E-state index contributed by atoms with van der Waals surface area (Å²) in [4.78, 5) is 28.0. The number of hydrogen-bond donors (Lipinski definition) is 0. The summed E-state index contributed by atoms with van der Waals surface area (Å²) in [6, 6.07) is 13.4. The monoisotopic (exact) mass is 516 g/mol. The Hall–Kier alpha value is -2.45. The van der Waals surface area contributed by atoms with Crippen LogP contribution in [0.5, 0.6) is 0 Å². The average molecular weight is 517 g/mol. The van der Waals surface area contributed by atoms with Crippen LogP contribution in [0.1, 0.15) is 30.9 Å². The van der Waals surface area contributed by atoms with E-state index in [4.69, 9.17) is 0 Å². The Labute approximate surface area is 197 Å². The Bertz CT molecular complexity index is 1190. The van der Waals surface area contributed by atoms with E-state index >= 15 is 0 Å². The molecule has 0 aromatic heterocycles. The van der Waals surface area contributed by atoms with Crippen molar-refractivity contribution in [3.8, 4) is 0 Å². The Balaban J connectivity index is 1.43. The van der Waals surface area contributed by atoms with E-state index in [-0.39, 0.29) is 28.9 Å². The normalized spacial score (nSPS) is 16.0. The second kappa shape index (κ2) is 9.19. The highest BCUT2D eigenvalue weighted by Gasteiger charge is 2.28. The van der Waals surface area contributed by atoms with Crippen molar-refractivity contribution in [3.63, 3.8) is 0 Å². The van der Waals surface area contributed by atoms with Gasteiger partial charge in [-0.3, -0.25) is 9.59 Å². The second-order valence-corrected chi connectivity index (χ2v) is 11.0. The smallest absolute Gasteiger partial charge is 0.223 e. The van der Waals surface area contributed by atoms with Crippen LogP contribution in [0.2, 0.25) is 0 Å². The molecular weight excluding hydrogens is 492 g/mol. The van der Waals surface area contributed by atoms with Gasteiger partial charge in [-0.1, -0.05) is 36.4 Å². The van der Waals surface area contributed by atoms with Crippen LogP contribution in [0.4, 0.5) is 5.69 Å². The number of fused-ring (bicyclic) bond motifs is 1. The van der Waals surface area contributed by atoms with Crippen molar-refractivity contribution in [1.82, 2.24) is 4.90 Å². The van der Waals surface area contributed by atoms with Gasteiger partial charge >= 0.3 is 0 Å². The standard InChI is InChI=1S/C24H25BrN2O4S/c1-17(28)27-13-9-20-15-21(25)23(16-22(20)27)32(30,31)14-10-24(29)26-11-7-19(8-12-26)18-5-3-2-4-6-18/h2-7,15-16H,8-14H2,1H3. The molecule has 0 spiro atoms. The fraction of sp³-hybridized carbons (Fsp3) is 0.333. The van der Waals surface area contributed by atoms with E-state index < -0.39 is 9.84 Å². The van der Waals surface area contributed by atoms with E-state index in [1.165, 1.54) is 12.5 Å². The largest absolute Gasteiger partial charge is 0.339 e. The lowest BCUT2D eigenvalue weighted by molar-refractivity contribution is -0.130. The Kier molecular flexibility index (Phi) is 6.53. The average Bonchev–Trinajstić information content (AvgIpc) is 3.20. The molecule has 0 aliphatic carbocycles. The molecule has 2 aromatic rings. The lowest BCUT2D eigenvalue weighted by Gasteiger charge is -2.27. The van der Waals surface area contributed by atoms with Gasteiger partial charge in [0.25, 0.3) is 0 Å². The molecule has 0 unspecified atom stereocenters. The van der Waals surface area contributed by atoms with E-state index in [1.54, 1.807) is 21.9 Å². The summed E-state index contributed by atoms with van der Waals surface area (Å²) < 4.78 is 26.5. The summed E-state index contributed by atoms with van der Waals surface area (Å²) >= 11 is 3.37. The van der Waals surface area contributed by atoms with Crippen LogP contribution >= 0.6 is 15.9 Å². The number of benzene rings is 2. The van der Waals surface area contributed by atoms with Gasteiger partial charge in [-0.25, -0.2) is 8.42 Å². The maximum absolute atomic E-state index is 13.0. The van der Waals surface area contributed by atoms with Crippen molar-refractivity contribution < 1.29 is 18.0 Å². The lowest BCUT2D eigenvalue weighted by atomic mass is 9.99. The molecule has 0 atom stereocenters. The summed E-state index contributed by atoms with van der Waals surface area (Å²) in [6.45, 7) is 3.09. The number of carbonyl (C=O) groups is 2. The van der Waals surface area contributed by atoms with E-state index in [1.807, 2.05) is 24.3 Å². The first-order chi connectivity index (χ1) is 15.3. The SMILES string of the molecule is CC(=O)N1CCc2cc(Br)c(S(=O)(=O)CCC(=O)N3CC=C(c4ccccc4)CC3)cc21. The molecule has 0 N–H and O–H groups in total. The van der Waals surface area contributed by atoms with Gasteiger partial charge in [-0.2, -0.15) is 0 Å². The van der Waals surface area contributed by atoms with Crippen molar-refractivity contribution >= 4 is 48.8 Å². The minimum absolute atomic E-state index is 0.0726. The highest BCUT2D eigenvalue weighted by Crippen LogP contribution is 2.36. The van der Waals surface area contributed by atoms with Gasteiger partial charge in [0.15, 0.2) is 9.84 Å². The predicted molar refractivity (Wildman–Crippen MR) is 128 cm³/mol. The van der Waals surface area contributed by atoms with Gasteiger partial charge < -0.3 is 9.80 Å². The first kappa shape index (κ1) is 22.7. The third-order valence-corrected chi connectivity index (χ3v) is 8.70. The van der Waals surface area contributed by atoms with Crippen LogP contribution in [-0.4, -0.2) is 50.5 Å². The summed E-state index contributed by atoms with van der Waals surface area (Å²) in [5, 5.41) is 0. The molecule has 0 fully saturated rings. The minimum Gasteiger partial charge on any atom is -0.339 e. The number of rotatable bonds is 5. The number of nitrogens with zero attached hydrogens (tertiary/aromatic N) is 2. The zero-order valence-electron chi connectivity index (χ0n) is 17.9. The van der Waals surface area contributed by atoms with Crippen molar-refractivity contribution in [3.05, 3.63) is 64.1 Å². The topological polar surface area (TPSA) is 74.8 Å². The highest BCUT2D eigenvalue weighted by atomic mass is 79.9. The number of sulfone groups is 1. The van der Waals surface area contributed by atoms with E-state index in [9.17, 15) is 18.0 Å². The zero-order valence-corrected chi connectivity index (χ0v) is 20.3. The van der Waals surface area contributed by atoms with Crippen LogP contribution in [0, 0.1) is 0 Å². The molecule has 0 radical (unpaired) electrons. The Morgan fingerprint density at radius 3 is 2.47 bits per heavy atom. The summed E-state index contributed by atoms with van der Waals surface area (Å²) in [6.07, 6.45) is 3.41. The van der Waals surface area contributed by atoms with Crippen LogP contribution in [0.15, 0.2) is 57.9 Å². The summed E-state index contributed by atoms with van der Waals surface area (Å²) in [5.74, 6) is -0.549. The number of halogens is 1. The third-order valence-electron chi connectivity index (χ3n) is 6.03. The Morgan fingerprint density at radius 2 is 1.81 bits per heavy atom. The number of carbonyl (C=O) groups excluding carboxylic acids is 2. The molecule has 8 heteroatoms. The number of amides is 2. The quantitative estimate of drug-likeness (QED) is 0.604. The first-order valence-corrected chi connectivity index (χ1v) is 13.1. The van der Waals surface area contributed by atoms with Crippen molar-refractivity contribution in [2.75, 3.05) is 30.3 Å². The molecule has 0 bridgehead atoms. The molecule has 2 aromatic carbocycles. The number of anilines is 1. The maximum Gasteiger partial charge on any atom is 0.223 e. The molecule has 6 nitrogen and oxygen atoms in total. The van der Waals surface area contributed by atoms with Gasteiger partial charge in [-0.05, 0) is 57.6 Å². The van der Waals surface area contributed by atoms with Gasteiger partial charge in [-0.15, -0.1) is 0 Å². The van der Waals surface area contributed by atoms with Crippen molar-refractivity contribution in [1.29, 1.82) is 0 Å². The molecular formula is C24H25BrN2O4S. The molecule has 4 rings (SSSR count). The Morgan fingerprint density at radius 1 is 1.06 bits per heavy atom. The van der Waals surface area contributed by atoms with Crippen LogP contribution < -0.4 is 4.90 Å². The molecule has 2 aliphatic rings. The van der Waals surface area contributed by atoms with Crippen molar-refractivity contribution in [2.24, 2.45) is 0 Å². The van der Waals surface area contributed by atoms with Gasteiger partial charge in [0.2, 0.25) is 11.8 Å².